The summed E-state index contributed by atoms with van der Waals surface area (Å²) in [5, 5.41) is 13.5. The topological polar surface area (TPSA) is 68.8 Å². The zero-order chi connectivity index (χ0) is 16.1. The number of halogens is 2. The molecule has 2 atom stereocenters. The van der Waals surface area contributed by atoms with E-state index in [2.05, 4.69) is 26.7 Å². The van der Waals surface area contributed by atoms with Crippen molar-refractivity contribution in [1.29, 1.82) is 0 Å². The lowest BCUT2D eigenvalue weighted by Gasteiger charge is -2.26. The minimum Gasteiger partial charge on any atom is -0.328 e. The molecule has 1 saturated carbocycles. The Bertz CT molecular complexity index is 519. The molecule has 0 bridgehead atoms. The van der Waals surface area contributed by atoms with Gasteiger partial charge in [-0.15, -0.1) is 41.6 Å². The van der Waals surface area contributed by atoms with E-state index in [1.165, 1.54) is 19.3 Å². The quantitative estimate of drug-likeness (QED) is 0.558. The average molecular weight is 408 g/mol. The van der Waals surface area contributed by atoms with Crippen LogP contribution in [-0.4, -0.2) is 39.6 Å². The molecule has 1 aromatic heterocycles. The monoisotopic (exact) mass is 407 g/mol. The van der Waals surface area contributed by atoms with E-state index >= 15 is 0 Å². The van der Waals surface area contributed by atoms with Gasteiger partial charge in [0.25, 0.3) is 0 Å². The smallest absolute Gasteiger partial charge is 0.191 e. The number of aromatic nitrogens is 3. The van der Waals surface area contributed by atoms with Gasteiger partial charge in [-0.25, -0.2) is 0 Å². The first-order chi connectivity index (χ1) is 11.3. The van der Waals surface area contributed by atoms with Crippen molar-refractivity contribution in [3.8, 4) is 0 Å². The highest BCUT2D eigenvalue weighted by atomic mass is 35.5. The average Bonchev–Trinajstić information content (AvgIpc) is 2.97. The van der Waals surface area contributed by atoms with Gasteiger partial charge in [0.05, 0.1) is 0 Å². The van der Waals surface area contributed by atoms with E-state index < -0.39 is 0 Å². The van der Waals surface area contributed by atoms with E-state index in [1.807, 2.05) is 17.8 Å². The second-order valence-corrected chi connectivity index (χ2v) is 7.86. The second kappa shape index (κ2) is 11.4. The molecule has 0 spiro atoms. The first-order valence-electron chi connectivity index (χ1n) is 8.91. The normalized spacial score (nSPS) is 24.2. The largest absolute Gasteiger partial charge is 0.328 e. The number of thioether (sulfide) groups is 1. The Kier molecular flexibility index (Phi) is 10.4. The molecule has 25 heavy (non-hydrogen) atoms. The zero-order valence-electron chi connectivity index (χ0n) is 14.7. The van der Waals surface area contributed by atoms with Crippen molar-refractivity contribution >= 4 is 36.6 Å². The van der Waals surface area contributed by atoms with E-state index in [4.69, 9.17) is 5.73 Å². The third-order valence-corrected chi connectivity index (χ3v) is 6.23. The van der Waals surface area contributed by atoms with E-state index in [0.717, 1.165) is 61.5 Å². The Hall–Kier alpha value is -0.270. The third kappa shape index (κ3) is 6.14. The Morgan fingerprint density at radius 1 is 1.20 bits per heavy atom. The summed E-state index contributed by atoms with van der Waals surface area (Å²) in [7, 11) is 0. The van der Waals surface area contributed by atoms with Gasteiger partial charge in [-0.1, -0.05) is 24.3 Å². The molecule has 5 nitrogen and oxygen atoms in total. The first kappa shape index (κ1) is 22.8. The molecule has 3 N–H and O–H groups in total. The van der Waals surface area contributed by atoms with Crippen LogP contribution in [0.5, 0.6) is 0 Å². The van der Waals surface area contributed by atoms with Gasteiger partial charge in [0.15, 0.2) is 5.16 Å². The molecule has 1 aliphatic heterocycles. The van der Waals surface area contributed by atoms with Crippen molar-refractivity contribution in [3.05, 3.63) is 18.5 Å². The summed E-state index contributed by atoms with van der Waals surface area (Å²) in [6.07, 6.45) is 9.17. The molecule has 2 heterocycles. The van der Waals surface area contributed by atoms with Crippen LogP contribution in [0.15, 0.2) is 17.8 Å². The van der Waals surface area contributed by atoms with Gasteiger partial charge >= 0.3 is 0 Å². The lowest BCUT2D eigenvalue weighted by Crippen LogP contribution is -2.29. The van der Waals surface area contributed by atoms with E-state index in [0.29, 0.717) is 12.0 Å². The van der Waals surface area contributed by atoms with Crippen molar-refractivity contribution in [2.24, 2.45) is 11.7 Å². The Labute approximate surface area is 167 Å². The number of nitrogens with one attached hydrogen (secondary N) is 1. The molecule has 0 unspecified atom stereocenters. The first-order valence-corrected chi connectivity index (χ1v) is 9.89. The molecule has 3 rings (SSSR count). The fourth-order valence-corrected chi connectivity index (χ4v) is 4.88. The maximum atomic E-state index is 6.11. The van der Waals surface area contributed by atoms with Gasteiger partial charge in [0, 0.05) is 24.3 Å². The predicted octanol–water partition coefficient (Wildman–Crippen LogP) is 3.38. The van der Waals surface area contributed by atoms with Crippen LogP contribution in [0.3, 0.4) is 0 Å². The number of hydrogen-bond acceptors (Lipinski definition) is 5. The second-order valence-electron chi connectivity index (χ2n) is 6.87. The molecule has 1 saturated heterocycles. The molecule has 8 heteroatoms. The van der Waals surface area contributed by atoms with Crippen LogP contribution < -0.4 is 11.1 Å². The van der Waals surface area contributed by atoms with Gasteiger partial charge in [-0.2, -0.15) is 0 Å². The number of piperidine rings is 1. The molecule has 2 aliphatic rings. The van der Waals surface area contributed by atoms with Crippen molar-refractivity contribution < 1.29 is 0 Å². The molecule has 1 aliphatic carbocycles. The summed E-state index contributed by atoms with van der Waals surface area (Å²) < 4.78 is 2.27. The number of rotatable bonds is 6. The molecular weight excluding hydrogens is 377 g/mol. The lowest BCUT2D eigenvalue weighted by atomic mass is 9.87. The number of nitrogens with two attached hydrogens (primary N) is 1. The standard InChI is InChI=1S/C17H29N5S.2ClH/c1-2-10-22-16(14-6-8-19-9-7-14)20-21-17(22)23-12-13-4-3-5-15(18)11-13;;/h2,13-15,19H,1,3-12,18H2;2*1H/t13-,15+;;/m1../s1. The third-order valence-electron chi connectivity index (χ3n) is 5.03. The predicted molar refractivity (Wildman–Crippen MR) is 110 cm³/mol. The fraction of sp³-hybridized carbons (Fsp3) is 0.765. The molecular formula is C17H31Cl2N5S. The van der Waals surface area contributed by atoms with Crippen molar-refractivity contribution in [2.75, 3.05) is 18.8 Å². The van der Waals surface area contributed by atoms with Crippen LogP contribution in [0.25, 0.3) is 0 Å². The lowest BCUT2D eigenvalue weighted by molar-refractivity contribution is 0.349. The van der Waals surface area contributed by atoms with Crippen LogP contribution in [0.4, 0.5) is 0 Å². The maximum Gasteiger partial charge on any atom is 0.191 e. The minimum atomic E-state index is 0. The van der Waals surface area contributed by atoms with Gasteiger partial charge in [-0.3, -0.25) is 0 Å². The Balaban J connectivity index is 0.00000156. The molecule has 144 valence electrons. The van der Waals surface area contributed by atoms with Gasteiger partial charge < -0.3 is 15.6 Å². The van der Waals surface area contributed by atoms with Gasteiger partial charge in [0.1, 0.15) is 5.82 Å². The van der Waals surface area contributed by atoms with E-state index in [-0.39, 0.29) is 24.8 Å². The maximum absolute atomic E-state index is 6.11. The van der Waals surface area contributed by atoms with Crippen LogP contribution in [0, 0.1) is 5.92 Å². The van der Waals surface area contributed by atoms with Crippen LogP contribution in [-0.2, 0) is 6.54 Å². The zero-order valence-corrected chi connectivity index (χ0v) is 17.2. The van der Waals surface area contributed by atoms with Crippen molar-refractivity contribution in [1.82, 2.24) is 20.1 Å². The highest BCUT2D eigenvalue weighted by Gasteiger charge is 2.24. The van der Waals surface area contributed by atoms with Gasteiger partial charge in [-0.05, 0) is 51.1 Å². The molecule has 0 radical (unpaired) electrons. The number of hydrogen-bond donors (Lipinski definition) is 2. The fourth-order valence-electron chi connectivity index (χ4n) is 3.77. The summed E-state index contributed by atoms with van der Waals surface area (Å²) in [5.41, 5.74) is 6.11. The van der Waals surface area contributed by atoms with Crippen molar-refractivity contribution in [3.63, 3.8) is 0 Å². The minimum absolute atomic E-state index is 0. The summed E-state index contributed by atoms with van der Waals surface area (Å²) in [4.78, 5) is 0. The van der Waals surface area contributed by atoms with Crippen molar-refractivity contribution in [2.45, 2.75) is 62.2 Å². The number of nitrogens with zero attached hydrogens (tertiary/aromatic N) is 3. The summed E-state index contributed by atoms with van der Waals surface area (Å²) in [5.74, 6) is 3.50. The Morgan fingerprint density at radius 2 is 1.96 bits per heavy atom. The highest BCUT2D eigenvalue weighted by molar-refractivity contribution is 7.99. The van der Waals surface area contributed by atoms with Gasteiger partial charge in [0.2, 0.25) is 0 Å². The van der Waals surface area contributed by atoms with E-state index in [1.54, 1.807) is 0 Å². The SMILES string of the molecule is C=CCn1c(SC[C@@H]2CCC[C@H](N)C2)nnc1C1CCNCC1.Cl.Cl. The molecule has 2 fully saturated rings. The molecule has 0 amide bonds. The summed E-state index contributed by atoms with van der Waals surface area (Å²) >= 11 is 1.85. The summed E-state index contributed by atoms with van der Waals surface area (Å²) in [6.45, 7) is 6.87. The number of allylic oxidation sites excluding steroid dienone is 1. The van der Waals surface area contributed by atoms with Crippen LogP contribution in [0.2, 0.25) is 0 Å². The Morgan fingerprint density at radius 3 is 2.64 bits per heavy atom. The summed E-state index contributed by atoms with van der Waals surface area (Å²) in [6, 6.07) is 0.394. The van der Waals surface area contributed by atoms with E-state index in [9.17, 15) is 0 Å². The molecule has 1 aromatic rings. The van der Waals surface area contributed by atoms with Crippen LogP contribution >= 0.6 is 36.6 Å². The van der Waals surface area contributed by atoms with Crippen LogP contribution in [0.1, 0.15) is 50.3 Å². The highest BCUT2D eigenvalue weighted by Crippen LogP contribution is 2.31. The molecule has 0 aromatic carbocycles.